The van der Waals surface area contributed by atoms with Crippen molar-refractivity contribution in [1.29, 1.82) is 0 Å². The number of ketones is 1. The number of amides is 1. The van der Waals surface area contributed by atoms with Crippen molar-refractivity contribution in [3.63, 3.8) is 0 Å². The Bertz CT molecular complexity index is 1100. The summed E-state index contributed by atoms with van der Waals surface area (Å²) in [5.74, 6) is -0.224. The minimum Gasteiger partial charge on any atom is -0.326 e. The summed E-state index contributed by atoms with van der Waals surface area (Å²) in [6.45, 7) is 0. The van der Waals surface area contributed by atoms with E-state index in [0.717, 1.165) is 20.7 Å². The van der Waals surface area contributed by atoms with Crippen LogP contribution in [0.15, 0.2) is 70.8 Å². The zero-order chi connectivity index (χ0) is 19.5. The Morgan fingerprint density at radius 1 is 1.04 bits per heavy atom. The molecule has 1 amide bonds. The normalized spacial score (nSPS) is 10.9. The zero-order valence-electron chi connectivity index (χ0n) is 14.8. The van der Waals surface area contributed by atoms with Gasteiger partial charge in [-0.15, -0.1) is 11.3 Å². The molecule has 2 aromatic heterocycles. The van der Waals surface area contributed by atoms with Gasteiger partial charge < -0.3 is 5.32 Å². The molecular weight excluding hydrogens is 438 g/mol. The molecule has 0 spiro atoms. The number of nitrogens with zero attached hydrogens (tertiary/aromatic N) is 2. The number of aromatic nitrogens is 2. The Morgan fingerprint density at radius 2 is 1.79 bits per heavy atom. The van der Waals surface area contributed by atoms with Gasteiger partial charge in [0.1, 0.15) is 0 Å². The summed E-state index contributed by atoms with van der Waals surface area (Å²) in [4.78, 5) is 29.8. The Labute approximate surface area is 174 Å². The first kappa shape index (κ1) is 18.6. The van der Waals surface area contributed by atoms with Crippen LogP contribution in [-0.2, 0) is 4.79 Å². The van der Waals surface area contributed by atoms with Gasteiger partial charge in [0.15, 0.2) is 10.7 Å². The second kappa shape index (κ2) is 8.08. The van der Waals surface area contributed by atoms with Crippen molar-refractivity contribution in [3.8, 4) is 11.3 Å². The number of carbonyl (C=O) groups is 2. The Balaban J connectivity index is 1.33. The molecule has 0 radical (unpaired) electrons. The van der Waals surface area contributed by atoms with Gasteiger partial charge in [-0.3, -0.25) is 14.0 Å². The summed E-state index contributed by atoms with van der Waals surface area (Å²) in [5, 5.41) is 4.83. The lowest BCUT2D eigenvalue weighted by Crippen LogP contribution is -2.13. The Morgan fingerprint density at radius 3 is 2.50 bits per heavy atom. The number of thiazole rings is 1. The number of hydrogen-bond acceptors (Lipinski definition) is 4. The highest BCUT2D eigenvalue weighted by Gasteiger charge is 2.10. The molecule has 4 rings (SSSR count). The average Bonchev–Trinajstić information content (AvgIpc) is 3.29. The third-order valence-corrected chi connectivity index (χ3v) is 5.60. The third-order valence-electron chi connectivity index (χ3n) is 4.30. The molecule has 2 heterocycles. The molecule has 0 aliphatic carbocycles. The number of carbonyl (C=O) groups excluding carboxylic acids is 2. The molecular formula is C21H16BrN3O2S. The molecule has 5 nitrogen and oxygen atoms in total. The first-order chi connectivity index (χ1) is 13.6. The van der Waals surface area contributed by atoms with Crippen LogP contribution in [0.1, 0.15) is 23.2 Å². The van der Waals surface area contributed by atoms with Crippen molar-refractivity contribution in [3.05, 3.63) is 76.3 Å². The summed E-state index contributed by atoms with van der Waals surface area (Å²) in [7, 11) is 0. The molecule has 0 bridgehead atoms. The van der Waals surface area contributed by atoms with E-state index in [1.165, 1.54) is 0 Å². The smallest absolute Gasteiger partial charge is 0.224 e. The second-order valence-corrected chi connectivity index (χ2v) is 8.06. The summed E-state index contributed by atoms with van der Waals surface area (Å²) in [6, 6.07) is 14.7. The van der Waals surface area contributed by atoms with E-state index < -0.39 is 0 Å². The van der Waals surface area contributed by atoms with E-state index in [4.69, 9.17) is 0 Å². The molecule has 140 valence electrons. The number of hydrogen-bond donors (Lipinski definition) is 1. The predicted octanol–water partition coefficient (Wildman–Crippen LogP) is 5.43. The highest BCUT2D eigenvalue weighted by atomic mass is 79.9. The highest BCUT2D eigenvalue weighted by molar-refractivity contribution is 9.10. The van der Waals surface area contributed by atoms with Gasteiger partial charge in [0, 0.05) is 51.9 Å². The van der Waals surface area contributed by atoms with Crippen LogP contribution in [0.4, 0.5) is 5.69 Å². The number of halogens is 1. The van der Waals surface area contributed by atoms with Gasteiger partial charge >= 0.3 is 0 Å². The fraction of sp³-hybridized carbons (Fsp3) is 0.0952. The lowest BCUT2D eigenvalue weighted by Gasteiger charge is -2.06. The van der Waals surface area contributed by atoms with Crippen molar-refractivity contribution < 1.29 is 9.59 Å². The summed E-state index contributed by atoms with van der Waals surface area (Å²) in [5.41, 5.74) is 3.19. The largest absolute Gasteiger partial charge is 0.326 e. The third kappa shape index (κ3) is 4.21. The molecule has 0 unspecified atom stereocenters. The lowest BCUT2D eigenvalue weighted by atomic mass is 10.1. The van der Waals surface area contributed by atoms with Gasteiger partial charge in [-0.2, -0.15) is 0 Å². The molecule has 0 aliphatic heterocycles. The van der Waals surface area contributed by atoms with E-state index in [1.807, 2.05) is 58.6 Å². The monoisotopic (exact) mass is 453 g/mol. The molecule has 0 saturated heterocycles. The molecule has 7 heteroatoms. The first-order valence-electron chi connectivity index (χ1n) is 8.70. The van der Waals surface area contributed by atoms with Crippen molar-refractivity contribution in [2.75, 3.05) is 5.32 Å². The Hall–Kier alpha value is -2.77. The minimum absolute atomic E-state index is 0.0438. The van der Waals surface area contributed by atoms with Crippen LogP contribution in [0.2, 0.25) is 0 Å². The topological polar surface area (TPSA) is 63.5 Å². The number of anilines is 1. The summed E-state index contributed by atoms with van der Waals surface area (Å²) < 4.78 is 2.90. The number of nitrogens with one attached hydrogen (secondary N) is 1. The van der Waals surface area contributed by atoms with E-state index in [-0.39, 0.29) is 24.5 Å². The van der Waals surface area contributed by atoms with E-state index in [9.17, 15) is 9.59 Å². The molecule has 0 atom stereocenters. The van der Waals surface area contributed by atoms with Crippen LogP contribution in [0.3, 0.4) is 0 Å². The Kier molecular flexibility index (Phi) is 5.36. The van der Waals surface area contributed by atoms with Gasteiger partial charge in [0.05, 0.1) is 5.69 Å². The van der Waals surface area contributed by atoms with E-state index >= 15 is 0 Å². The van der Waals surface area contributed by atoms with Crippen molar-refractivity contribution in [2.45, 2.75) is 12.8 Å². The molecule has 0 aliphatic rings. The van der Waals surface area contributed by atoms with Crippen LogP contribution < -0.4 is 5.32 Å². The van der Waals surface area contributed by atoms with Gasteiger partial charge in [0.2, 0.25) is 5.91 Å². The van der Waals surface area contributed by atoms with Crippen LogP contribution in [0.5, 0.6) is 0 Å². The zero-order valence-corrected chi connectivity index (χ0v) is 17.2. The predicted molar refractivity (Wildman–Crippen MR) is 115 cm³/mol. The van der Waals surface area contributed by atoms with Crippen LogP contribution in [-0.4, -0.2) is 21.1 Å². The standard InChI is InChI=1S/C21H16BrN3O2S/c22-16-5-1-15(2-6-16)19(26)9-10-20(27)23-17-7-3-14(4-8-17)18-13-25-11-12-28-21(25)24-18/h1-8,11-13H,9-10H2,(H,23,27). The number of benzene rings is 2. The van der Waals surface area contributed by atoms with E-state index in [0.29, 0.717) is 11.3 Å². The lowest BCUT2D eigenvalue weighted by molar-refractivity contribution is -0.116. The fourth-order valence-electron chi connectivity index (χ4n) is 2.82. The number of fused-ring (bicyclic) bond motifs is 1. The molecule has 1 N–H and O–H groups in total. The molecule has 4 aromatic rings. The summed E-state index contributed by atoms with van der Waals surface area (Å²) >= 11 is 4.93. The maximum atomic E-state index is 12.2. The van der Waals surface area contributed by atoms with Crippen LogP contribution in [0, 0.1) is 0 Å². The average molecular weight is 454 g/mol. The first-order valence-corrected chi connectivity index (χ1v) is 10.4. The molecule has 28 heavy (non-hydrogen) atoms. The van der Waals surface area contributed by atoms with Gasteiger partial charge in [-0.1, -0.05) is 40.2 Å². The number of imidazole rings is 1. The molecule has 0 saturated carbocycles. The van der Waals surface area contributed by atoms with Crippen molar-refractivity contribution in [1.82, 2.24) is 9.38 Å². The number of rotatable bonds is 6. The van der Waals surface area contributed by atoms with Gasteiger partial charge in [0.25, 0.3) is 0 Å². The number of Topliss-reactive ketones (excluding diaryl/α,β-unsaturated/α-hetero) is 1. The van der Waals surface area contributed by atoms with Crippen LogP contribution in [0.25, 0.3) is 16.2 Å². The molecule has 2 aromatic carbocycles. The second-order valence-electron chi connectivity index (χ2n) is 6.27. The van der Waals surface area contributed by atoms with E-state index in [2.05, 4.69) is 26.2 Å². The van der Waals surface area contributed by atoms with Crippen molar-refractivity contribution >= 4 is 49.6 Å². The minimum atomic E-state index is -0.180. The van der Waals surface area contributed by atoms with Crippen LogP contribution >= 0.6 is 27.3 Å². The van der Waals surface area contributed by atoms with E-state index in [1.54, 1.807) is 23.5 Å². The summed E-state index contributed by atoms with van der Waals surface area (Å²) in [6.07, 6.45) is 4.28. The highest BCUT2D eigenvalue weighted by Crippen LogP contribution is 2.23. The van der Waals surface area contributed by atoms with Gasteiger partial charge in [-0.05, 0) is 24.3 Å². The fourth-order valence-corrected chi connectivity index (χ4v) is 3.79. The maximum Gasteiger partial charge on any atom is 0.224 e. The maximum absolute atomic E-state index is 12.2. The van der Waals surface area contributed by atoms with Gasteiger partial charge in [-0.25, -0.2) is 4.98 Å². The van der Waals surface area contributed by atoms with Crippen molar-refractivity contribution in [2.24, 2.45) is 0 Å². The quantitative estimate of drug-likeness (QED) is 0.396. The SMILES string of the molecule is O=C(CCC(=O)c1ccc(Br)cc1)Nc1ccc(-c2cn3ccsc3n2)cc1. The molecule has 0 fully saturated rings.